The Morgan fingerprint density at radius 2 is 1.29 bits per heavy atom. The molecule has 1 heterocycles. The van der Waals surface area contributed by atoms with Crippen molar-refractivity contribution in [3.05, 3.63) is 108 Å². The lowest BCUT2D eigenvalue weighted by Gasteiger charge is -2.48. The standard InChI is InChI=1S/C28H33NO2/c30-27(24-15-7-2-8-16-24)26(20-19-23-13-5-1-6-14-23)28(31,25-17-9-3-10-18-25)29-21-11-4-12-22-29/h1-3,5-10,13-18,26-27,30-31H,4,11-12,19-22H2. The maximum Gasteiger partial charge on any atom is 0.150 e. The Labute approximate surface area is 186 Å². The van der Waals surface area contributed by atoms with Gasteiger partial charge in [-0.3, -0.25) is 4.90 Å². The Morgan fingerprint density at radius 1 is 0.742 bits per heavy atom. The second-order valence-corrected chi connectivity index (χ2v) is 8.63. The van der Waals surface area contributed by atoms with Gasteiger partial charge in [0.2, 0.25) is 0 Å². The van der Waals surface area contributed by atoms with Gasteiger partial charge in [-0.15, -0.1) is 0 Å². The smallest absolute Gasteiger partial charge is 0.150 e. The molecule has 0 spiro atoms. The molecule has 0 saturated carbocycles. The summed E-state index contributed by atoms with van der Waals surface area (Å²) in [6.45, 7) is 1.68. The topological polar surface area (TPSA) is 43.7 Å². The van der Waals surface area contributed by atoms with E-state index in [1.165, 1.54) is 12.0 Å². The maximum absolute atomic E-state index is 12.4. The van der Waals surface area contributed by atoms with Crippen molar-refractivity contribution in [1.82, 2.24) is 4.90 Å². The Morgan fingerprint density at radius 3 is 1.90 bits per heavy atom. The quantitative estimate of drug-likeness (QED) is 0.525. The SMILES string of the molecule is OC(c1ccccc1)C(CCc1ccccc1)C(O)(c1ccccc1)N1CCCCC1. The molecule has 3 heteroatoms. The lowest BCUT2D eigenvalue weighted by atomic mass is 9.77. The normalized spacial score (nSPS) is 18.8. The van der Waals surface area contributed by atoms with E-state index in [0.29, 0.717) is 6.42 Å². The summed E-state index contributed by atoms with van der Waals surface area (Å²) in [5.41, 5.74) is 1.71. The van der Waals surface area contributed by atoms with Gasteiger partial charge < -0.3 is 10.2 Å². The predicted octanol–water partition coefficient (Wildman–Crippen LogP) is 5.30. The summed E-state index contributed by atoms with van der Waals surface area (Å²) in [5.74, 6) is -0.365. The van der Waals surface area contributed by atoms with Crippen molar-refractivity contribution >= 4 is 0 Å². The molecule has 3 atom stereocenters. The van der Waals surface area contributed by atoms with Crippen LogP contribution in [0, 0.1) is 5.92 Å². The lowest BCUT2D eigenvalue weighted by Crippen LogP contribution is -2.55. The molecular formula is C28H33NO2. The first kappa shape index (κ1) is 21.8. The second-order valence-electron chi connectivity index (χ2n) is 8.63. The van der Waals surface area contributed by atoms with Crippen molar-refractivity contribution in [3.8, 4) is 0 Å². The van der Waals surface area contributed by atoms with E-state index in [1.54, 1.807) is 0 Å². The summed E-state index contributed by atoms with van der Waals surface area (Å²) in [7, 11) is 0. The van der Waals surface area contributed by atoms with Gasteiger partial charge in [-0.2, -0.15) is 0 Å². The fraction of sp³-hybridized carbons (Fsp3) is 0.357. The number of hydrogen-bond donors (Lipinski definition) is 2. The highest BCUT2D eigenvalue weighted by atomic mass is 16.3. The van der Waals surface area contributed by atoms with Crippen LogP contribution in [0.25, 0.3) is 0 Å². The van der Waals surface area contributed by atoms with E-state index < -0.39 is 11.8 Å². The number of aryl methyl sites for hydroxylation is 1. The number of aliphatic hydroxyl groups excluding tert-OH is 1. The number of likely N-dealkylation sites (tertiary alicyclic amines) is 1. The van der Waals surface area contributed by atoms with E-state index in [-0.39, 0.29) is 5.92 Å². The van der Waals surface area contributed by atoms with Crippen LogP contribution < -0.4 is 0 Å². The molecule has 0 radical (unpaired) electrons. The highest BCUT2D eigenvalue weighted by molar-refractivity contribution is 5.27. The summed E-state index contributed by atoms with van der Waals surface area (Å²) in [4.78, 5) is 2.20. The molecular weight excluding hydrogens is 382 g/mol. The third kappa shape index (κ3) is 4.90. The van der Waals surface area contributed by atoms with Crippen LogP contribution in [-0.2, 0) is 12.1 Å². The van der Waals surface area contributed by atoms with Crippen molar-refractivity contribution in [2.24, 2.45) is 5.92 Å². The van der Waals surface area contributed by atoms with Crippen molar-refractivity contribution < 1.29 is 10.2 Å². The Kier molecular flexibility index (Phi) is 7.18. The van der Waals surface area contributed by atoms with Crippen LogP contribution in [0.4, 0.5) is 0 Å². The van der Waals surface area contributed by atoms with Crippen LogP contribution >= 0.6 is 0 Å². The van der Waals surface area contributed by atoms with Gasteiger partial charge in [-0.1, -0.05) is 97.4 Å². The number of benzene rings is 3. The molecule has 0 aliphatic carbocycles. The van der Waals surface area contributed by atoms with E-state index >= 15 is 0 Å². The first-order valence-electron chi connectivity index (χ1n) is 11.5. The molecule has 1 saturated heterocycles. The van der Waals surface area contributed by atoms with Crippen molar-refractivity contribution in [2.75, 3.05) is 13.1 Å². The minimum absolute atomic E-state index is 0.365. The average Bonchev–Trinajstić information content (AvgIpc) is 2.86. The number of rotatable bonds is 8. The fourth-order valence-electron chi connectivity index (χ4n) is 4.98. The molecule has 4 rings (SSSR count). The maximum atomic E-state index is 12.4. The summed E-state index contributed by atoms with van der Waals surface area (Å²) in [6.07, 6.45) is 4.05. The van der Waals surface area contributed by atoms with Crippen LogP contribution in [0.1, 0.15) is 48.5 Å². The van der Waals surface area contributed by atoms with Crippen molar-refractivity contribution in [3.63, 3.8) is 0 Å². The Balaban J connectivity index is 1.75. The molecule has 3 aromatic carbocycles. The molecule has 1 fully saturated rings. The minimum Gasteiger partial charge on any atom is -0.388 e. The third-order valence-electron chi connectivity index (χ3n) is 6.66. The fourth-order valence-corrected chi connectivity index (χ4v) is 4.98. The highest BCUT2D eigenvalue weighted by Crippen LogP contribution is 2.44. The second kappa shape index (κ2) is 10.2. The number of nitrogens with zero attached hydrogens (tertiary/aromatic N) is 1. The van der Waals surface area contributed by atoms with Crippen LogP contribution in [0.15, 0.2) is 91.0 Å². The molecule has 162 valence electrons. The number of piperidine rings is 1. The molecule has 3 unspecified atom stereocenters. The molecule has 1 aliphatic rings. The van der Waals surface area contributed by atoms with Gasteiger partial charge in [0, 0.05) is 19.0 Å². The van der Waals surface area contributed by atoms with E-state index in [0.717, 1.165) is 43.5 Å². The molecule has 1 aliphatic heterocycles. The molecule has 0 amide bonds. The van der Waals surface area contributed by atoms with Gasteiger partial charge in [0.25, 0.3) is 0 Å². The summed E-state index contributed by atoms with van der Waals surface area (Å²) < 4.78 is 0. The summed E-state index contributed by atoms with van der Waals surface area (Å²) >= 11 is 0. The van der Waals surface area contributed by atoms with Crippen molar-refractivity contribution in [1.29, 1.82) is 0 Å². The minimum atomic E-state index is -1.23. The predicted molar refractivity (Wildman–Crippen MR) is 125 cm³/mol. The van der Waals surface area contributed by atoms with Gasteiger partial charge in [0.05, 0.1) is 6.10 Å². The number of hydrogen-bond acceptors (Lipinski definition) is 3. The number of aliphatic hydroxyl groups is 2. The summed E-state index contributed by atoms with van der Waals surface area (Å²) in [6, 6.07) is 30.1. The Bertz CT molecular complexity index is 910. The van der Waals surface area contributed by atoms with Crippen LogP contribution in [0.5, 0.6) is 0 Å². The van der Waals surface area contributed by atoms with E-state index in [2.05, 4.69) is 17.0 Å². The van der Waals surface area contributed by atoms with Gasteiger partial charge in [0.15, 0.2) is 0 Å². The van der Waals surface area contributed by atoms with Crippen LogP contribution in [0.3, 0.4) is 0 Å². The first-order chi connectivity index (χ1) is 15.2. The monoisotopic (exact) mass is 415 g/mol. The molecule has 3 nitrogen and oxygen atoms in total. The van der Waals surface area contributed by atoms with Gasteiger partial charge >= 0.3 is 0 Å². The average molecular weight is 416 g/mol. The summed E-state index contributed by atoms with van der Waals surface area (Å²) in [5, 5.41) is 24.0. The van der Waals surface area contributed by atoms with Crippen LogP contribution in [-0.4, -0.2) is 28.2 Å². The molecule has 31 heavy (non-hydrogen) atoms. The largest absolute Gasteiger partial charge is 0.388 e. The zero-order chi connectivity index (χ0) is 21.5. The zero-order valence-corrected chi connectivity index (χ0v) is 18.1. The van der Waals surface area contributed by atoms with E-state index in [1.807, 2.05) is 78.9 Å². The lowest BCUT2D eigenvalue weighted by molar-refractivity contribution is -0.192. The first-order valence-corrected chi connectivity index (χ1v) is 11.5. The van der Waals surface area contributed by atoms with Crippen LogP contribution in [0.2, 0.25) is 0 Å². The molecule has 2 N–H and O–H groups in total. The van der Waals surface area contributed by atoms with Gasteiger partial charge in [0.1, 0.15) is 5.72 Å². The van der Waals surface area contributed by atoms with E-state index in [9.17, 15) is 10.2 Å². The zero-order valence-electron chi connectivity index (χ0n) is 18.1. The molecule has 0 aromatic heterocycles. The van der Waals surface area contributed by atoms with Crippen molar-refractivity contribution in [2.45, 2.75) is 43.9 Å². The Hall–Kier alpha value is -2.46. The molecule has 3 aromatic rings. The van der Waals surface area contributed by atoms with Gasteiger partial charge in [-0.25, -0.2) is 0 Å². The van der Waals surface area contributed by atoms with Gasteiger partial charge in [-0.05, 0) is 42.4 Å². The third-order valence-corrected chi connectivity index (χ3v) is 6.66. The molecule has 0 bridgehead atoms. The van der Waals surface area contributed by atoms with E-state index in [4.69, 9.17) is 0 Å². The highest BCUT2D eigenvalue weighted by Gasteiger charge is 2.47.